The Balaban J connectivity index is 1.72. The normalized spacial score (nSPS) is 11.4. The zero-order valence-corrected chi connectivity index (χ0v) is 17.4. The lowest BCUT2D eigenvalue weighted by Crippen LogP contribution is -2.08. The predicted molar refractivity (Wildman–Crippen MR) is 117 cm³/mol. The summed E-state index contributed by atoms with van der Waals surface area (Å²) < 4.78 is 11.6. The average molecular weight is 396 g/mol. The van der Waals surface area contributed by atoms with Crippen LogP contribution in [0.3, 0.4) is 0 Å². The lowest BCUT2D eigenvalue weighted by Gasteiger charge is -2.14. The Hall–Kier alpha value is -2.86. The quantitative estimate of drug-likeness (QED) is 0.385. The van der Waals surface area contributed by atoms with Gasteiger partial charge in [0.15, 0.2) is 0 Å². The summed E-state index contributed by atoms with van der Waals surface area (Å²) in [7, 11) is 0. The van der Waals surface area contributed by atoms with Crippen LogP contribution in [0.1, 0.15) is 33.3 Å². The maximum atomic E-state index is 5.82. The van der Waals surface area contributed by atoms with Crippen molar-refractivity contribution in [3.05, 3.63) is 59.5 Å². The number of aromatic nitrogens is 1. The Morgan fingerprint density at radius 3 is 2.21 bits per heavy atom. The Kier molecular flexibility index (Phi) is 6.66. The minimum absolute atomic E-state index is 0.0870. The fraction of sp³-hybridized carbons (Fsp3) is 0.273. The molecule has 0 fully saturated rings. The maximum absolute atomic E-state index is 5.82. The fourth-order valence-electron chi connectivity index (χ4n) is 2.58. The van der Waals surface area contributed by atoms with E-state index in [1.807, 2.05) is 81.6 Å². The van der Waals surface area contributed by atoms with Crippen LogP contribution in [0.2, 0.25) is 0 Å². The number of hydrazone groups is 1. The molecule has 6 heteroatoms. The van der Waals surface area contributed by atoms with E-state index in [0.717, 1.165) is 33.5 Å². The summed E-state index contributed by atoms with van der Waals surface area (Å²) in [5, 5.41) is 7.07. The number of nitrogens with zero attached hydrogens (tertiary/aromatic N) is 2. The van der Waals surface area contributed by atoms with Crippen molar-refractivity contribution < 1.29 is 9.47 Å². The molecule has 146 valence electrons. The van der Waals surface area contributed by atoms with Gasteiger partial charge in [0, 0.05) is 22.6 Å². The van der Waals surface area contributed by atoms with Crippen LogP contribution in [0.25, 0.3) is 11.3 Å². The van der Waals surface area contributed by atoms with Crippen molar-refractivity contribution in [1.29, 1.82) is 0 Å². The zero-order valence-electron chi connectivity index (χ0n) is 16.5. The highest BCUT2D eigenvalue weighted by atomic mass is 32.1. The van der Waals surface area contributed by atoms with Gasteiger partial charge in [-0.15, -0.1) is 11.3 Å². The smallest absolute Gasteiger partial charge is 0.203 e. The van der Waals surface area contributed by atoms with E-state index in [1.165, 1.54) is 11.3 Å². The third kappa shape index (κ3) is 5.82. The van der Waals surface area contributed by atoms with Crippen LogP contribution in [0.5, 0.6) is 11.5 Å². The molecule has 1 aromatic heterocycles. The molecule has 0 aliphatic carbocycles. The Morgan fingerprint density at radius 2 is 1.61 bits per heavy atom. The van der Waals surface area contributed by atoms with Crippen LogP contribution < -0.4 is 14.9 Å². The highest BCUT2D eigenvalue weighted by Crippen LogP contribution is 2.26. The second kappa shape index (κ2) is 9.37. The first-order chi connectivity index (χ1) is 13.5. The van der Waals surface area contributed by atoms with Gasteiger partial charge in [-0.2, -0.15) is 5.10 Å². The first-order valence-corrected chi connectivity index (χ1v) is 10.2. The van der Waals surface area contributed by atoms with Crippen molar-refractivity contribution in [1.82, 2.24) is 4.98 Å². The monoisotopic (exact) mass is 395 g/mol. The van der Waals surface area contributed by atoms with Gasteiger partial charge < -0.3 is 9.47 Å². The van der Waals surface area contributed by atoms with Crippen LogP contribution in [0.15, 0.2) is 59.0 Å². The number of anilines is 1. The molecule has 2 aromatic carbocycles. The molecule has 0 amide bonds. The summed E-state index contributed by atoms with van der Waals surface area (Å²) in [6, 6.07) is 15.9. The molecule has 0 atom stereocenters. The summed E-state index contributed by atoms with van der Waals surface area (Å²) in [4.78, 5) is 4.57. The van der Waals surface area contributed by atoms with Gasteiger partial charge in [-0.05, 0) is 39.8 Å². The van der Waals surface area contributed by atoms with Gasteiger partial charge in [0.2, 0.25) is 5.13 Å². The van der Waals surface area contributed by atoms with Crippen molar-refractivity contribution in [3.8, 4) is 22.8 Å². The molecule has 0 saturated carbocycles. The molecule has 28 heavy (non-hydrogen) atoms. The molecule has 0 bridgehead atoms. The van der Waals surface area contributed by atoms with Crippen molar-refractivity contribution in [2.45, 2.75) is 39.9 Å². The van der Waals surface area contributed by atoms with Gasteiger partial charge in [0.1, 0.15) is 11.5 Å². The molecule has 0 aliphatic heterocycles. The number of ether oxygens (including phenoxy) is 2. The molecule has 0 radical (unpaired) electrons. The predicted octanol–water partition coefficient (Wildman–Crippen LogP) is 5.83. The van der Waals surface area contributed by atoms with Crippen LogP contribution in [0, 0.1) is 0 Å². The van der Waals surface area contributed by atoms with E-state index in [-0.39, 0.29) is 12.2 Å². The number of benzene rings is 2. The Labute approximate surface area is 170 Å². The van der Waals surface area contributed by atoms with Gasteiger partial charge in [0.05, 0.1) is 24.1 Å². The molecule has 3 aromatic rings. The molecule has 0 saturated heterocycles. The lowest BCUT2D eigenvalue weighted by molar-refractivity contribution is 0.229. The summed E-state index contributed by atoms with van der Waals surface area (Å²) in [6.07, 6.45) is 1.91. The van der Waals surface area contributed by atoms with Crippen LogP contribution in [0.4, 0.5) is 5.13 Å². The molecular weight excluding hydrogens is 370 g/mol. The van der Waals surface area contributed by atoms with E-state index in [9.17, 15) is 0 Å². The van der Waals surface area contributed by atoms with E-state index in [2.05, 4.69) is 15.5 Å². The highest BCUT2D eigenvalue weighted by molar-refractivity contribution is 7.14. The minimum atomic E-state index is 0.0870. The van der Waals surface area contributed by atoms with E-state index in [0.29, 0.717) is 0 Å². The third-order valence-electron chi connectivity index (χ3n) is 3.59. The van der Waals surface area contributed by atoms with Crippen molar-refractivity contribution in [2.24, 2.45) is 5.10 Å². The van der Waals surface area contributed by atoms with Gasteiger partial charge in [0.25, 0.3) is 0 Å². The number of hydrogen-bond donors (Lipinski definition) is 1. The molecule has 0 spiro atoms. The van der Waals surface area contributed by atoms with E-state index >= 15 is 0 Å². The largest absolute Gasteiger partial charge is 0.491 e. The standard InChI is InChI=1S/C22H25N3O2S/c1-15(2)26-19-10-17(11-20(12-19)27-16(3)4)13-23-25-22-24-21(14-28-22)18-8-6-5-7-9-18/h5-16H,1-4H3,(H,24,25). The summed E-state index contributed by atoms with van der Waals surface area (Å²) in [6.45, 7) is 7.99. The fourth-order valence-corrected chi connectivity index (χ4v) is 3.25. The summed E-state index contributed by atoms with van der Waals surface area (Å²) in [5.74, 6) is 1.52. The van der Waals surface area contributed by atoms with Gasteiger partial charge in [-0.1, -0.05) is 30.3 Å². The van der Waals surface area contributed by atoms with Gasteiger partial charge in [-0.3, -0.25) is 5.43 Å². The average Bonchev–Trinajstić information content (AvgIpc) is 3.10. The summed E-state index contributed by atoms with van der Waals surface area (Å²) in [5.41, 5.74) is 5.91. The van der Waals surface area contributed by atoms with E-state index in [4.69, 9.17) is 9.47 Å². The maximum Gasteiger partial charge on any atom is 0.203 e. The lowest BCUT2D eigenvalue weighted by atomic mass is 10.2. The zero-order chi connectivity index (χ0) is 19.9. The Morgan fingerprint density at radius 1 is 0.964 bits per heavy atom. The highest BCUT2D eigenvalue weighted by Gasteiger charge is 2.06. The minimum Gasteiger partial charge on any atom is -0.491 e. The van der Waals surface area contributed by atoms with Crippen LogP contribution >= 0.6 is 11.3 Å². The van der Waals surface area contributed by atoms with E-state index < -0.39 is 0 Å². The van der Waals surface area contributed by atoms with Crippen molar-refractivity contribution >= 4 is 22.7 Å². The second-order valence-corrected chi connectivity index (χ2v) is 7.70. The second-order valence-electron chi connectivity index (χ2n) is 6.84. The molecule has 0 aliphatic rings. The van der Waals surface area contributed by atoms with Gasteiger partial charge >= 0.3 is 0 Å². The Bertz CT molecular complexity index is 892. The number of rotatable bonds is 8. The molecule has 1 N–H and O–H groups in total. The van der Waals surface area contributed by atoms with Crippen LogP contribution in [-0.4, -0.2) is 23.4 Å². The first kappa shape index (κ1) is 19.9. The first-order valence-electron chi connectivity index (χ1n) is 9.28. The number of thiazole rings is 1. The molecular formula is C22H25N3O2S. The molecule has 3 rings (SSSR count). The van der Waals surface area contributed by atoms with Gasteiger partial charge in [-0.25, -0.2) is 4.98 Å². The van der Waals surface area contributed by atoms with Crippen LogP contribution in [-0.2, 0) is 0 Å². The molecule has 0 unspecified atom stereocenters. The van der Waals surface area contributed by atoms with Crippen molar-refractivity contribution in [3.63, 3.8) is 0 Å². The SMILES string of the molecule is CC(C)Oc1cc(C=NNc2nc(-c3ccccc3)cs2)cc(OC(C)C)c1. The summed E-state index contributed by atoms with van der Waals surface area (Å²) >= 11 is 1.52. The number of nitrogens with one attached hydrogen (secondary N) is 1. The third-order valence-corrected chi connectivity index (χ3v) is 4.34. The van der Waals surface area contributed by atoms with Crippen molar-refractivity contribution in [2.75, 3.05) is 5.43 Å². The molecule has 1 heterocycles. The van der Waals surface area contributed by atoms with E-state index in [1.54, 1.807) is 6.21 Å². The molecule has 5 nitrogen and oxygen atoms in total. The number of hydrogen-bond acceptors (Lipinski definition) is 6. The topological polar surface area (TPSA) is 55.7 Å².